The summed E-state index contributed by atoms with van der Waals surface area (Å²) in [6.07, 6.45) is 0.0719. The van der Waals surface area contributed by atoms with E-state index in [2.05, 4.69) is 48.9 Å². The molecule has 2 atom stereocenters. The van der Waals surface area contributed by atoms with Crippen molar-refractivity contribution in [3.05, 3.63) is 35.2 Å². The molecule has 1 aromatic carbocycles. The molecule has 2 aromatic rings. The van der Waals surface area contributed by atoms with Gasteiger partial charge in [-0.1, -0.05) is 32.0 Å². The molecule has 0 aliphatic heterocycles. The van der Waals surface area contributed by atoms with Gasteiger partial charge in [0.2, 0.25) is 0 Å². The summed E-state index contributed by atoms with van der Waals surface area (Å²) in [6.45, 7) is 7.05. The molecular weight excluding hydrogens is 256 g/mol. The van der Waals surface area contributed by atoms with Crippen LogP contribution < -0.4 is 11.3 Å². The predicted octanol–water partition coefficient (Wildman–Crippen LogP) is 3.47. The third kappa shape index (κ3) is 2.98. The first-order valence-electron chi connectivity index (χ1n) is 6.72. The summed E-state index contributed by atoms with van der Waals surface area (Å²) in [5.74, 6) is 6.21. The van der Waals surface area contributed by atoms with Crippen molar-refractivity contribution in [3.63, 3.8) is 0 Å². The topological polar surface area (TPSA) is 47.3 Å². The summed E-state index contributed by atoms with van der Waals surface area (Å²) in [4.78, 5) is 0. The largest absolute Gasteiger partial charge is 0.376 e. The van der Waals surface area contributed by atoms with Gasteiger partial charge in [0.25, 0.3) is 0 Å². The summed E-state index contributed by atoms with van der Waals surface area (Å²) in [7, 11) is 0. The maximum Gasteiger partial charge on any atom is 0.0805 e. The monoisotopic (exact) mass is 278 g/mol. The maximum atomic E-state index is 5.90. The number of benzene rings is 1. The zero-order valence-corrected chi connectivity index (χ0v) is 12.5. The molecule has 0 saturated heterocycles. The molecule has 0 saturated carbocycles. The fourth-order valence-corrected chi connectivity index (χ4v) is 3.44. The SMILES string of the molecule is CCOC(C(C)C)C(NN)c1cccc2ccsc12. The first-order valence-corrected chi connectivity index (χ1v) is 7.60. The van der Waals surface area contributed by atoms with Gasteiger partial charge in [-0.05, 0) is 35.2 Å². The van der Waals surface area contributed by atoms with E-state index in [9.17, 15) is 0 Å². The highest BCUT2D eigenvalue weighted by Gasteiger charge is 2.27. The Bertz CT molecular complexity index is 524. The molecule has 3 N–H and O–H groups in total. The van der Waals surface area contributed by atoms with E-state index in [4.69, 9.17) is 10.6 Å². The molecule has 19 heavy (non-hydrogen) atoms. The second kappa shape index (κ2) is 6.48. The van der Waals surface area contributed by atoms with Gasteiger partial charge in [0.1, 0.15) is 0 Å². The second-order valence-corrected chi connectivity index (χ2v) is 5.91. The van der Waals surface area contributed by atoms with E-state index < -0.39 is 0 Å². The molecule has 3 nitrogen and oxygen atoms in total. The van der Waals surface area contributed by atoms with Crippen LogP contribution in [-0.2, 0) is 4.74 Å². The van der Waals surface area contributed by atoms with Crippen molar-refractivity contribution >= 4 is 21.4 Å². The molecule has 0 radical (unpaired) electrons. The number of hydrazine groups is 1. The van der Waals surface area contributed by atoms with E-state index in [1.165, 1.54) is 15.6 Å². The Morgan fingerprint density at radius 2 is 2.11 bits per heavy atom. The van der Waals surface area contributed by atoms with Crippen LogP contribution in [-0.4, -0.2) is 12.7 Å². The fraction of sp³-hybridized carbons (Fsp3) is 0.467. The van der Waals surface area contributed by atoms with Crippen molar-refractivity contribution in [1.29, 1.82) is 0 Å². The van der Waals surface area contributed by atoms with E-state index in [1.54, 1.807) is 11.3 Å². The Morgan fingerprint density at radius 1 is 1.32 bits per heavy atom. The van der Waals surface area contributed by atoms with Crippen LogP contribution >= 0.6 is 11.3 Å². The van der Waals surface area contributed by atoms with Crippen molar-refractivity contribution in [2.24, 2.45) is 11.8 Å². The Hall–Kier alpha value is -0.940. The summed E-state index contributed by atoms with van der Waals surface area (Å²) in [5.41, 5.74) is 4.17. The lowest BCUT2D eigenvalue weighted by Gasteiger charge is -2.30. The Morgan fingerprint density at radius 3 is 2.74 bits per heavy atom. The Labute approximate surface area is 118 Å². The van der Waals surface area contributed by atoms with E-state index in [1.807, 2.05) is 6.92 Å². The second-order valence-electron chi connectivity index (χ2n) is 4.99. The molecule has 1 aromatic heterocycles. The number of nitrogens with two attached hydrogens (primary N) is 1. The highest BCUT2D eigenvalue weighted by Crippen LogP contribution is 2.32. The summed E-state index contributed by atoms with van der Waals surface area (Å²) in [6, 6.07) is 8.51. The van der Waals surface area contributed by atoms with Gasteiger partial charge >= 0.3 is 0 Å². The molecule has 0 aliphatic carbocycles. The zero-order valence-electron chi connectivity index (χ0n) is 11.7. The standard InChI is InChI=1S/C15H22N2OS/c1-4-18-14(10(2)3)13(17-16)12-7-5-6-11-8-9-19-15(11)12/h5-10,13-14,17H,4,16H2,1-3H3. The van der Waals surface area contributed by atoms with Crippen molar-refractivity contribution < 1.29 is 4.74 Å². The van der Waals surface area contributed by atoms with Gasteiger partial charge in [0.05, 0.1) is 12.1 Å². The first-order chi connectivity index (χ1) is 9.19. The molecule has 1 heterocycles. The number of nitrogens with one attached hydrogen (secondary N) is 1. The number of hydrogen-bond acceptors (Lipinski definition) is 4. The quantitative estimate of drug-likeness (QED) is 0.628. The van der Waals surface area contributed by atoms with Gasteiger partial charge in [0, 0.05) is 11.3 Å². The van der Waals surface area contributed by atoms with E-state index in [0.29, 0.717) is 12.5 Å². The minimum Gasteiger partial charge on any atom is -0.376 e. The first kappa shape index (κ1) is 14.5. The van der Waals surface area contributed by atoms with Crippen molar-refractivity contribution in [3.8, 4) is 0 Å². The number of hydrogen-bond donors (Lipinski definition) is 2. The number of rotatable bonds is 6. The molecule has 104 valence electrons. The molecule has 2 unspecified atom stereocenters. The minimum absolute atomic E-state index is 0.0160. The Kier molecular flexibility index (Phi) is 4.93. The summed E-state index contributed by atoms with van der Waals surface area (Å²) in [5, 5.41) is 3.38. The molecule has 2 rings (SSSR count). The smallest absolute Gasteiger partial charge is 0.0805 e. The van der Waals surface area contributed by atoms with Gasteiger partial charge in [0.15, 0.2) is 0 Å². The average Bonchev–Trinajstić information content (AvgIpc) is 2.87. The third-order valence-corrected chi connectivity index (χ3v) is 4.35. The molecule has 0 aliphatic rings. The number of ether oxygens (including phenoxy) is 1. The van der Waals surface area contributed by atoms with Gasteiger partial charge in [-0.3, -0.25) is 11.3 Å². The normalized spacial score (nSPS) is 15.0. The molecule has 0 spiro atoms. The highest BCUT2D eigenvalue weighted by atomic mass is 32.1. The third-order valence-electron chi connectivity index (χ3n) is 3.37. The van der Waals surface area contributed by atoms with E-state index in [0.717, 1.165) is 0 Å². The van der Waals surface area contributed by atoms with Crippen LogP contribution in [0.2, 0.25) is 0 Å². The van der Waals surface area contributed by atoms with E-state index >= 15 is 0 Å². The maximum absolute atomic E-state index is 5.90. The summed E-state index contributed by atoms with van der Waals surface area (Å²) < 4.78 is 7.19. The molecule has 0 amide bonds. The van der Waals surface area contributed by atoms with Gasteiger partial charge < -0.3 is 4.74 Å². The van der Waals surface area contributed by atoms with Crippen molar-refractivity contribution in [1.82, 2.24) is 5.43 Å². The van der Waals surface area contributed by atoms with Crippen LogP contribution in [0.25, 0.3) is 10.1 Å². The summed E-state index contributed by atoms with van der Waals surface area (Å²) >= 11 is 1.75. The van der Waals surface area contributed by atoms with E-state index in [-0.39, 0.29) is 12.1 Å². The number of thiophene rings is 1. The van der Waals surface area contributed by atoms with Gasteiger partial charge in [-0.2, -0.15) is 0 Å². The predicted molar refractivity (Wildman–Crippen MR) is 82.1 cm³/mol. The van der Waals surface area contributed by atoms with Gasteiger partial charge in [-0.15, -0.1) is 11.3 Å². The Balaban J connectivity index is 2.42. The van der Waals surface area contributed by atoms with Crippen molar-refractivity contribution in [2.45, 2.75) is 32.9 Å². The van der Waals surface area contributed by atoms with Crippen molar-refractivity contribution in [2.75, 3.05) is 6.61 Å². The molecule has 4 heteroatoms. The van der Waals surface area contributed by atoms with Crippen LogP contribution in [0.3, 0.4) is 0 Å². The molecular formula is C15H22N2OS. The average molecular weight is 278 g/mol. The van der Waals surface area contributed by atoms with Crippen LogP contribution in [0.4, 0.5) is 0 Å². The molecule has 0 fully saturated rings. The molecule has 0 bridgehead atoms. The van der Waals surface area contributed by atoms with Crippen LogP contribution in [0.5, 0.6) is 0 Å². The van der Waals surface area contributed by atoms with Crippen LogP contribution in [0.15, 0.2) is 29.6 Å². The van der Waals surface area contributed by atoms with Crippen LogP contribution in [0.1, 0.15) is 32.4 Å². The lowest BCUT2D eigenvalue weighted by Crippen LogP contribution is -2.40. The number of fused-ring (bicyclic) bond motifs is 1. The van der Waals surface area contributed by atoms with Crippen LogP contribution in [0, 0.1) is 5.92 Å². The highest BCUT2D eigenvalue weighted by molar-refractivity contribution is 7.17. The lowest BCUT2D eigenvalue weighted by atomic mass is 9.93. The minimum atomic E-state index is 0.0160. The van der Waals surface area contributed by atoms with Gasteiger partial charge in [-0.25, -0.2) is 0 Å². The fourth-order valence-electron chi connectivity index (χ4n) is 2.49. The zero-order chi connectivity index (χ0) is 13.8. The lowest BCUT2D eigenvalue weighted by molar-refractivity contribution is 0.00315.